The monoisotopic (exact) mass is 649 g/mol. The van der Waals surface area contributed by atoms with Crippen molar-refractivity contribution in [3.05, 3.63) is 0 Å². The van der Waals surface area contributed by atoms with Gasteiger partial charge in [-0.1, -0.05) is 47.5 Å². The predicted octanol–water partition coefficient (Wildman–Crippen LogP) is 1.78. The predicted molar refractivity (Wildman–Crippen MR) is 170 cm³/mol. The van der Waals surface area contributed by atoms with E-state index in [4.69, 9.17) is 10.5 Å². The molecule has 3 aliphatic rings. The molecule has 3 rings (SSSR count). The first-order valence-corrected chi connectivity index (χ1v) is 16.5. The van der Waals surface area contributed by atoms with E-state index in [1.165, 1.54) is 4.90 Å². The van der Waals surface area contributed by atoms with Crippen molar-refractivity contribution in [2.75, 3.05) is 6.54 Å². The third-order valence-electron chi connectivity index (χ3n) is 9.55. The first-order valence-electron chi connectivity index (χ1n) is 16.5. The minimum Gasteiger partial charge on any atom is -0.458 e. The van der Waals surface area contributed by atoms with E-state index in [2.05, 4.69) is 16.0 Å². The number of aliphatic hydroxyl groups is 1. The number of likely N-dealkylation sites (tertiary alicyclic amines) is 1. The number of Topliss-reactive ketones (excluding diaryl/α,β-unsaturated/α-hetero) is 1. The van der Waals surface area contributed by atoms with Crippen LogP contribution in [0.1, 0.15) is 101 Å². The van der Waals surface area contributed by atoms with E-state index in [0.717, 1.165) is 25.7 Å². The number of rotatable bonds is 14. The highest BCUT2D eigenvalue weighted by atomic mass is 16.6. The molecule has 0 aromatic heterocycles. The van der Waals surface area contributed by atoms with Crippen LogP contribution in [0.3, 0.4) is 0 Å². The summed E-state index contributed by atoms with van der Waals surface area (Å²) in [6, 6.07) is -5.04. The summed E-state index contributed by atoms with van der Waals surface area (Å²) in [7, 11) is 0. The Kier molecular flexibility index (Phi) is 11.2. The molecule has 1 saturated heterocycles. The zero-order valence-corrected chi connectivity index (χ0v) is 28.9. The van der Waals surface area contributed by atoms with Gasteiger partial charge < -0.3 is 36.4 Å². The van der Waals surface area contributed by atoms with Crippen molar-refractivity contribution in [1.29, 1.82) is 0 Å². The van der Waals surface area contributed by atoms with Crippen LogP contribution < -0.4 is 21.7 Å². The van der Waals surface area contributed by atoms with E-state index in [1.54, 1.807) is 48.5 Å². The smallest absolute Gasteiger partial charge is 0.329 e. The van der Waals surface area contributed by atoms with Crippen molar-refractivity contribution < 1.29 is 38.6 Å². The molecule has 0 aromatic rings. The molecule has 0 aromatic carbocycles. The lowest BCUT2D eigenvalue weighted by atomic mass is 9.85. The van der Waals surface area contributed by atoms with Crippen molar-refractivity contribution in [2.45, 2.75) is 136 Å². The molecule has 0 spiro atoms. The van der Waals surface area contributed by atoms with Crippen molar-refractivity contribution in [3.8, 4) is 0 Å². The van der Waals surface area contributed by atoms with Crippen LogP contribution in [0, 0.1) is 29.1 Å². The molecule has 260 valence electrons. The summed E-state index contributed by atoms with van der Waals surface area (Å²) in [4.78, 5) is 80.0. The number of esters is 1. The van der Waals surface area contributed by atoms with Gasteiger partial charge in [0.05, 0.1) is 11.6 Å². The van der Waals surface area contributed by atoms with Gasteiger partial charge in [-0.15, -0.1) is 0 Å². The number of hydrogen-bond donors (Lipinski definition) is 5. The lowest BCUT2D eigenvalue weighted by Crippen LogP contribution is -2.61. The molecule has 5 amide bonds. The van der Waals surface area contributed by atoms with E-state index in [9.17, 15) is 33.9 Å². The second-order valence-electron chi connectivity index (χ2n) is 16.0. The Labute approximate surface area is 272 Å². The Morgan fingerprint density at radius 3 is 1.93 bits per heavy atom. The normalized spacial score (nSPS) is 22.5. The van der Waals surface area contributed by atoms with Crippen molar-refractivity contribution in [2.24, 2.45) is 34.8 Å². The number of ether oxygens (including phenoxy) is 1. The fourth-order valence-electron chi connectivity index (χ4n) is 6.01. The molecule has 13 nitrogen and oxygen atoms in total. The van der Waals surface area contributed by atoms with Crippen LogP contribution in [0.25, 0.3) is 0 Å². The third kappa shape index (κ3) is 9.65. The van der Waals surface area contributed by atoms with Crippen molar-refractivity contribution in [1.82, 2.24) is 20.9 Å². The number of carbonyl (C=O) groups excluding carboxylic acids is 6. The summed E-state index contributed by atoms with van der Waals surface area (Å²) < 4.78 is 5.78. The molecule has 2 aliphatic carbocycles. The first-order chi connectivity index (χ1) is 21.0. The molecule has 3 fully saturated rings. The minimum absolute atomic E-state index is 0.0184. The van der Waals surface area contributed by atoms with Crippen LogP contribution in [-0.2, 0) is 28.7 Å². The molecule has 1 aliphatic heterocycles. The average Bonchev–Trinajstić information content (AvgIpc) is 3.85. The maximum absolute atomic E-state index is 14.2. The van der Waals surface area contributed by atoms with E-state index in [0.29, 0.717) is 0 Å². The molecule has 46 heavy (non-hydrogen) atoms. The zero-order valence-electron chi connectivity index (χ0n) is 28.9. The largest absolute Gasteiger partial charge is 0.458 e. The van der Waals surface area contributed by atoms with Gasteiger partial charge in [0.2, 0.25) is 17.6 Å². The van der Waals surface area contributed by atoms with E-state index >= 15 is 0 Å². The number of nitrogens with one attached hydrogen (secondary N) is 3. The van der Waals surface area contributed by atoms with Gasteiger partial charge in [0.15, 0.2) is 0 Å². The fourth-order valence-corrected chi connectivity index (χ4v) is 6.01. The number of ketones is 1. The number of carbonyl (C=O) groups is 6. The topological polar surface area (TPSA) is 197 Å². The van der Waals surface area contributed by atoms with E-state index in [1.807, 2.05) is 13.8 Å². The summed E-state index contributed by atoms with van der Waals surface area (Å²) in [5.41, 5.74) is 2.52. The summed E-state index contributed by atoms with van der Waals surface area (Å²) in [5, 5.41) is 18.9. The third-order valence-corrected chi connectivity index (χ3v) is 9.55. The van der Waals surface area contributed by atoms with Crippen LogP contribution in [0.5, 0.6) is 0 Å². The lowest BCUT2D eigenvalue weighted by molar-refractivity contribution is -0.162. The quantitative estimate of drug-likeness (QED) is 0.139. The Balaban J connectivity index is 1.81. The van der Waals surface area contributed by atoms with Gasteiger partial charge in [0.25, 0.3) is 5.91 Å². The van der Waals surface area contributed by atoms with Crippen LogP contribution in [0.2, 0.25) is 0 Å². The van der Waals surface area contributed by atoms with E-state index < -0.39 is 82.2 Å². The van der Waals surface area contributed by atoms with Crippen LogP contribution >= 0.6 is 0 Å². The number of urea groups is 1. The fraction of sp³-hybridized carbons (Fsp3) is 0.818. The van der Waals surface area contributed by atoms with Gasteiger partial charge in [0, 0.05) is 12.5 Å². The minimum atomic E-state index is -1.24. The standard InChI is InChI=1S/C33H55N5O8/c1-17(2)23(29(43)46-33(8,9)19-12-13-19)36-30(44)37-25(31(3,4)5)28(42)38-16-20(32(6,7)45)15-22(38)27(41)35-21(14-18-10-11-18)24(39)26(34)40/h17-23,25,45H,10-16H2,1-9H3,(H2,34,40)(H,35,41)(H2,36,37,44)/t20-,21?,22+,23+,25-/m1/s1. The molecular weight excluding hydrogens is 594 g/mol. The summed E-state index contributed by atoms with van der Waals surface area (Å²) in [6.45, 7) is 15.8. The second-order valence-corrected chi connectivity index (χ2v) is 16.0. The molecule has 13 heteroatoms. The molecule has 0 bridgehead atoms. The summed E-state index contributed by atoms with van der Waals surface area (Å²) in [5.74, 6) is -4.14. The van der Waals surface area contributed by atoms with Gasteiger partial charge in [-0.2, -0.15) is 0 Å². The highest BCUT2D eigenvalue weighted by molar-refractivity contribution is 6.37. The molecule has 6 N–H and O–H groups in total. The molecule has 2 saturated carbocycles. The molecule has 1 heterocycles. The average molecular weight is 650 g/mol. The Morgan fingerprint density at radius 1 is 0.891 bits per heavy atom. The first kappa shape index (κ1) is 37.2. The maximum atomic E-state index is 14.2. The molecule has 1 unspecified atom stereocenters. The van der Waals surface area contributed by atoms with E-state index in [-0.39, 0.29) is 37.1 Å². The summed E-state index contributed by atoms with van der Waals surface area (Å²) >= 11 is 0. The second kappa shape index (κ2) is 13.9. The highest BCUT2D eigenvalue weighted by Crippen LogP contribution is 2.42. The Hall–Kier alpha value is -3.22. The Bertz CT molecular complexity index is 1200. The lowest BCUT2D eigenvalue weighted by Gasteiger charge is -2.36. The summed E-state index contributed by atoms with van der Waals surface area (Å²) in [6.07, 6.45) is 4.07. The van der Waals surface area contributed by atoms with Crippen LogP contribution in [-0.4, -0.2) is 87.4 Å². The number of nitrogens with two attached hydrogens (primary N) is 1. The van der Waals surface area contributed by atoms with Crippen LogP contribution in [0.4, 0.5) is 4.79 Å². The number of primary amides is 1. The molecule has 5 atom stereocenters. The van der Waals surface area contributed by atoms with Gasteiger partial charge >= 0.3 is 12.0 Å². The number of amides is 5. The van der Waals surface area contributed by atoms with Crippen LogP contribution in [0.15, 0.2) is 0 Å². The highest BCUT2D eigenvalue weighted by Gasteiger charge is 2.49. The van der Waals surface area contributed by atoms with Crippen molar-refractivity contribution >= 4 is 35.5 Å². The van der Waals surface area contributed by atoms with Gasteiger partial charge in [-0.3, -0.25) is 19.2 Å². The molecule has 0 radical (unpaired) electrons. The van der Waals surface area contributed by atoms with Gasteiger partial charge in [-0.05, 0) is 76.5 Å². The number of hydrogen-bond acceptors (Lipinski definition) is 8. The van der Waals surface area contributed by atoms with Gasteiger partial charge in [0.1, 0.15) is 23.7 Å². The maximum Gasteiger partial charge on any atom is 0.329 e. The SMILES string of the molecule is CC(C)[C@H](NC(=O)N[C@H](C(=O)N1C[C@H](C(C)(C)O)C[C@H]1C(=O)NC(CC1CC1)C(=O)C(N)=O)C(C)(C)C)C(=O)OC(C)(C)C1CC1. The zero-order chi connectivity index (χ0) is 34.9. The molecular formula is C33H55N5O8. The Morgan fingerprint density at radius 2 is 1.48 bits per heavy atom. The van der Waals surface area contributed by atoms with Gasteiger partial charge in [-0.25, -0.2) is 9.59 Å². The number of nitrogens with zero attached hydrogens (tertiary/aromatic N) is 1. The van der Waals surface area contributed by atoms with Crippen molar-refractivity contribution in [3.63, 3.8) is 0 Å².